The standard InChI is InChI=1S/C23H30N2O4S/c1-5-20(18-10-11-22(29-4)17(3)14-18)24-23(26)19-9-8-16(2)21(15-19)25-12-6-7-13-30(25,27)28/h8-11,14-15,20H,5-7,12-13H2,1-4H3,(H,24,26). The van der Waals surface area contributed by atoms with E-state index in [1.807, 2.05) is 45.0 Å². The summed E-state index contributed by atoms with van der Waals surface area (Å²) in [5, 5.41) is 3.09. The summed E-state index contributed by atoms with van der Waals surface area (Å²) in [5.74, 6) is 0.745. The number of amides is 1. The number of carbonyl (C=O) groups is 1. The summed E-state index contributed by atoms with van der Waals surface area (Å²) in [5.41, 5.74) is 3.91. The molecule has 0 spiro atoms. The maximum Gasteiger partial charge on any atom is 0.251 e. The quantitative estimate of drug-likeness (QED) is 0.748. The van der Waals surface area contributed by atoms with E-state index in [9.17, 15) is 13.2 Å². The van der Waals surface area contributed by atoms with E-state index in [1.165, 1.54) is 4.31 Å². The second-order valence-electron chi connectivity index (χ2n) is 7.76. The van der Waals surface area contributed by atoms with Gasteiger partial charge in [0.15, 0.2) is 0 Å². The van der Waals surface area contributed by atoms with Crippen LogP contribution in [0.1, 0.15) is 59.3 Å². The summed E-state index contributed by atoms with van der Waals surface area (Å²) in [7, 11) is -1.70. The number of sulfonamides is 1. The molecule has 1 aliphatic heterocycles. The average molecular weight is 431 g/mol. The van der Waals surface area contributed by atoms with E-state index in [0.717, 1.165) is 35.3 Å². The molecule has 1 atom stereocenters. The lowest BCUT2D eigenvalue weighted by Gasteiger charge is -2.30. The number of rotatable bonds is 6. The van der Waals surface area contributed by atoms with Gasteiger partial charge in [0.2, 0.25) is 10.0 Å². The average Bonchev–Trinajstić information content (AvgIpc) is 2.72. The van der Waals surface area contributed by atoms with Gasteiger partial charge in [0.1, 0.15) is 5.75 Å². The Balaban J connectivity index is 1.85. The van der Waals surface area contributed by atoms with Gasteiger partial charge >= 0.3 is 0 Å². The Morgan fingerprint density at radius 2 is 1.90 bits per heavy atom. The zero-order chi connectivity index (χ0) is 21.9. The summed E-state index contributed by atoms with van der Waals surface area (Å²) in [4.78, 5) is 13.0. The molecule has 1 aliphatic rings. The molecule has 162 valence electrons. The summed E-state index contributed by atoms with van der Waals surface area (Å²) in [6, 6.07) is 11.0. The molecule has 0 aromatic heterocycles. The van der Waals surface area contributed by atoms with Gasteiger partial charge in [0, 0.05) is 12.1 Å². The van der Waals surface area contributed by atoms with Crippen LogP contribution in [-0.2, 0) is 10.0 Å². The molecule has 1 unspecified atom stereocenters. The fraction of sp³-hybridized carbons (Fsp3) is 0.435. The van der Waals surface area contributed by atoms with Gasteiger partial charge in [-0.3, -0.25) is 9.10 Å². The van der Waals surface area contributed by atoms with Gasteiger partial charge in [-0.1, -0.05) is 25.1 Å². The zero-order valence-corrected chi connectivity index (χ0v) is 18.9. The molecule has 7 heteroatoms. The van der Waals surface area contributed by atoms with Crippen LogP contribution in [0.25, 0.3) is 0 Å². The Hall–Kier alpha value is -2.54. The summed E-state index contributed by atoms with van der Waals surface area (Å²) in [6.45, 7) is 6.32. The largest absolute Gasteiger partial charge is 0.496 e. The lowest BCUT2D eigenvalue weighted by atomic mass is 10.0. The molecule has 30 heavy (non-hydrogen) atoms. The topological polar surface area (TPSA) is 75.7 Å². The van der Waals surface area contributed by atoms with Crippen molar-refractivity contribution >= 4 is 21.6 Å². The van der Waals surface area contributed by atoms with Crippen molar-refractivity contribution < 1.29 is 17.9 Å². The van der Waals surface area contributed by atoms with Crippen LogP contribution in [0, 0.1) is 13.8 Å². The van der Waals surface area contributed by atoms with E-state index in [0.29, 0.717) is 24.2 Å². The predicted octanol–water partition coefficient (Wildman–Crippen LogP) is 4.12. The highest BCUT2D eigenvalue weighted by Crippen LogP contribution is 2.29. The SMILES string of the molecule is CCC(NC(=O)c1ccc(C)c(N2CCCCS2(=O)=O)c1)c1ccc(OC)c(C)c1. The van der Waals surface area contributed by atoms with Gasteiger partial charge in [-0.2, -0.15) is 0 Å². The molecule has 1 heterocycles. The van der Waals surface area contributed by atoms with E-state index >= 15 is 0 Å². The van der Waals surface area contributed by atoms with Crippen molar-refractivity contribution in [3.63, 3.8) is 0 Å². The molecule has 6 nitrogen and oxygen atoms in total. The molecule has 1 saturated heterocycles. The molecule has 0 aliphatic carbocycles. The number of carbonyl (C=O) groups excluding carboxylic acids is 1. The zero-order valence-electron chi connectivity index (χ0n) is 18.1. The van der Waals surface area contributed by atoms with Gasteiger partial charge in [-0.25, -0.2) is 8.42 Å². The molecule has 0 bridgehead atoms. The van der Waals surface area contributed by atoms with Crippen LogP contribution in [-0.4, -0.2) is 33.7 Å². The number of methoxy groups -OCH3 is 1. The second-order valence-corrected chi connectivity index (χ2v) is 9.77. The monoisotopic (exact) mass is 430 g/mol. The highest BCUT2D eigenvalue weighted by molar-refractivity contribution is 7.92. The van der Waals surface area contributed by atoms with Crippen molar-refractivity contribution in [1.82, 2.24) is 5.32 Å². The second kappa shape index (κ2) is 9.08. The molecule has 3 rings (SSSR count). The van der Waals surface area contributed by atoms with Gasteiger partial charge in [-0.05, 0) is 68.0 Å². The fourth-order valence-corrected chi connectivity index (χ4v) is 5.55. The minimum Gasteiger partial charge on any atom is -0.496 e. The Kier molecular flexibility index (Phi) is 6.71. The first-order chi connectivity index (χ1) is 14.3. The molecule has 1 amide bonds. The van der Waals surface area contributed by atoms with Crippen LogP contribution in [0.4, 0.5) is 5.69 Å². The van der Waals surface area contributed by atoms with Crippen molar-refractivity contribution in [1.29, 1.82) is 0 Å². The Bertz CT molecular complexity index is 1030. The van der Waals surface area contributed by atoms with Crippen molar-refractivity contribution in [3.05, 3.63) is 58.7 Å². The third kappa shape index (κ3) is 4.61. The smallest absolute Gasteiger partial charge is 0.251 e. The minimum absolute atomic E-state index is 0.148. The van der Waals surface area contributed by atoms with E-state index < -0.39 is 10.0 Å². The molecule has 1 fully saturated rings. The highest BCUT2D eigenvalue weighted by Gasteiger charge is 2.28. The summed E-state index contributed by atoms with van der Waals surface area (Å²) >= 11 is 0. The molecule has 2 aromatic rings. The fourth-order valence-electron chi connectivity index (χ4n) is 3.86. The van der Waals surface area contributed by atoms with E-state index in [1.54, 1.807) is 19.2 Å². The van der Waals surface area contributed by atoms with E-state index in [-0.39, 0.29) is 17.7 Å². The van der Waals surface area contributed by atoms with Crippen LogP contribution < -0.4 is 14.4 Å². The first-order valence-corrected chi connectivity index (χ1v) is 11.9. The number of nitrogens with one attached hydrogen (secondary N) is 1. The van der Waals surface area contributed by atoms with E-state index in [2.05, 4.69) is 5.32 Å². The van der Waals surface area contributed by atoms with Crippen molar-refractivity contribution in [3.8, 4) is 5.75 Å². The van der Waals surface area contributed by atoms with Gasteiger partial charge in [0.25, 0.3) is 5.91 Å². The number of benzene rings is 2. The van der Waals surface area contributed by atoms with Crippen molar-refractivity contribution in [2.24, 2.45) is 0 Å². The Morgan fingerprint density at radius 3 is 2.53 bits per heavy atom. The maximum absolute atomic E-state index is 13.0. The predicted molar refractivity (Wildman–Crippen MR) is 120 cm³/mol. The number of ether oxygens (including phenoxy) is 1. The molecule has 1 N–H and O–H groups in total. The summed E-state index contributed by atoms with van der Waals surface area (Å²) in [6.07, 6.45) is 2.23. The normalized spacial score (nSPS) is 16.7. The Labute approximate surface area is 179 Å². The lowest BCUT2D eigenvalue weighted by Crippen LogP contribution is -2.38. The third-order valence-electron chi connectivity index (χ3n) is 5.62. The Morgan fingerprint density at radius 1 is 1.13 bits per heavy atom. The first-order valence-electron chi connectivity index (χ1n) is 10.3. The highest BCUT2D eigenvalue weighted by atomic mass is 32.2. The number of nitrogens with zero attached hydrogens (tertiary/aromatic N) is 1. The van der Waals surface area contributed by atoms with Gasteiger partial charge in [-0.15, -0.1) is 0 Å². The number of aryl methyl sites for hydroxylation is 2. The van der Waals surface area contributed by atoms with E-state index in [4.69, 9.17) is 4.74 Å². The van der Waals surface area contributed by atoms with Crippen LogP contribution in [0.2, 0.25) is 0 Å². The van der Waals surface area contributed by atoms with Crippen LogP contribution in [0.5, 0.6) is 5.75 Å². The third-order valence-corrected chi connectivity index (χ3v) is 7.48. The van der Waals surface area contributed by atoms with Crippen molar-refractivity contribution in [2.45, 2.75) is 46.1 Å². The lowest BCUT2D eigenvalue weighted by molar-refractivity contribution is 0.0935. The molecule has 2 aromatic carbocycles. The van der Waals surface area contributed by atoms with Gasteiger partial charge < -0.3 is 10.1 Å². The molecule has 0 radical (unpaired) electrons. The van der Waals surface area contributed by atoms with Crippen LogP contribution in [0.15, 0.2) is 36.4 Å². The minimum atomic E-state index is -3.33. The van der Waals surface area contributed by atoms with Crippen LogP contribution >= 0.6 is 0 Å². The molecular weight excluding hydrogens is 400 g/mol. The number of hydrogen-bond acceptors (Lipinski definition) is 4. The number of hydrogen-bond donors (Lipinski definition) is 1. The van der Waals surface area contributed by atoms with Gasteiger partial charge in [0.05, 0.1) is 24.6 Å². The van der Waals surface area contributed by atoms with Crippen LogP contribution in [0.3, 0.4) is 0 Å². The summed E-state index contributed by atoms with van der Waals surface area (Å²) < 4.78 is 31.8. The first kappa shape index (κ1) is 22.2. The molecular formula is C23H30N2O4S. The number of anilines is 1. The maximum atomic E-state index is 13.0. The van der Waals surface area contributed by atoms with Crippen molar-refractivity contribution in [2.75, 3.05) is 23.7 Å². The molecule has 0 saturated carbocycles.